The van der Waals surface area contributed by atoms with E-state index in [-0.39, 0.29) is 5.78 Å². The van der Waals surface area contributed by atoms with Crippen LogP contribution in [-0.4, -0.2) is 15.8 Å². The summed E-state index contributed by atoms with van der Waals surface area (Å²) in [5.74, 6) is 0.0185. The van der Waals surface area contributed by atoms with Gasteiger partial charge in [-0.1, -0.05) is 0 Å². The highest BCUT2D eigenvalue weighted by Crippen LogP contribution is 2.30. The molecule has 1 N–H and O–H groups in total. The molecule has 0 atom stereocenters. The van der Waals surface area contributed by atoms with Crippen LogP contribution < -0.4 is 0 Å². The molecule has 3 heterocycles. The van der Waals surface area contributed by atoms with Gasteiger partial charge in [-0.25, -0.2) is 4.98 Å². The van der Waals surface area contributed by atoms with E-state index in [1.807, 2.05) is 19.1 Å². The Bertz CT molecular complexity index is 772. The summed E-state index contributed by atoms with van der Waals surface area (Å²) >= 11 is 8.28. The molecule has 19 heavy (non-hydrogen) atoms. The minimum absolute atomic E-state index is 0.0185. The SMILES string of the molecule is Cc1cc(C(=O)c2c[nH]c3ncc(Br)cc23)sc1Br. The molecule has 0 aliphatic heterocycles. The van der Waals surface area contributed by atoms with Crippen LogP contribution in [0.4, 0.5) is 0 Å². The smallest absolute Gasteiger partial charge is 0.205 e. The average Bonchev–Trinajstić information content (AvgIpc) is 2.93. The van der Waals surface area contributed by atoms with Crippen molar-refractivity contribution in [2.45, 2.75) is 6.92 Å². The van der Waals surface area contributed by atoms with Gasteiger partial charge in [0.05, 0.1) is 14.2 Å². The van der Waals surface area contributed by atoms with E-state index in [0.717, 1.165) is 29.7 Å². The van der Waals surface area contributed by atoms with E-state index in [2.05, 4.69) is 41.8 Å². The highest BCUT2D eigenvalue weighted by Gasteiger charge is 2.17. The number of halogens is 2. The van der Waals surface area contributed by atoms with Crippen molar-refractivity contribution in [1.29, 1.82) is 0 Å². The standard InChI is InChI=1S/C13H8Br2N2OS/c1-6-2-10(19-12(6)15)11(18)9-5-17-13-8(9)3-7(14)4-16-13/h2-5H,1H3,(H,16,17). The Kier molecular flexibility index (Phi) is 3.32. The highest BCUT2D eigenvalue weighted by atomic mass is 79.9. The molecule has 0 amide bonds. The number of nitrogens with one attached hydrogen (secondary N) is 1. The minimum Gasteiger partial charge on any atom is -0.345 e. The third kappa shape index (κ3) is 2.28. The van der Waals surface area contributed by atoms with Crippen molar-refractivity contribution in [2.75, 3.05) is 0 Å². The Labute approximate surface area is 130 Å². The first-order valence-corrected chi connectivity index (χ1v) is 7.90. The number of nitrogens with zero attached hydrogens (tertiary/aromatic N) is 1. The lowest BCUT2D eigenvalue weighted by molar-refractivity contribution is 0.104. The van der Waals surface area contributed by atoms with Crippen LogP contribution in [0.3, 0.4) is 0 Å². The van der Waals surface area contributed by atoms with Crippen LogP contribution in [0.5, 0.6) is 0 Å². The quantitative estimate of drug-likeness (QED) is 0.635. The molecule has 3 nitrogen and oxygen atoms in total. The Morgan fingerprint density at radius 3 is 2.84 bits per heavy atom. The highest BCUT2D eigenvalue weighted by molar-refractivity contribution is 9.11. The van der Waals surface area contributed by atoms with E-state index in [0.29, 0.717) is 5.56 Å². The number of thiophene rings is 1. The van der Waals surface area contributed by atoms with Gasteiger partial charge in [0.2, 0.25) is 5.78 Å². The number of carbonyl (C=O) groups is 1. The Morgan fingerprint density at radius 2 is 2.16 bits per heavy atom. The number of hydrogen-bond donors (Lipinski definition) is 1. The largest absolute Gasteiger partial charge is 0.345 e. The average molecular weight is 400 g/mol. The predicted molar refractivity (Wildman–Crippen MR) is 84.0 cm³/mol. The Balaban J connectivity index is 2.13. The van der Waals surface area contributed by atoms with E-state index >= 15 is 0 Å². The molecule has 0 aliphatic rings. The van der Waals surface area contributed by atoms with E-state index < -0.39 is 0 Å². The van der Waals surface area contributed by atoms with E-state index in [1.54, 1.807) is 12.4 Å². The fourth-order valence-corrected chi connectivity index (χ4v) is 3.69. The molecule has 0 unspecified atom stereocenters. The number of fused-ring (bicyclic) bond motifs is 1. The number of aromatic nitrogens is 2. The minimum atomic E-state index is 0.0185. The fourth-order valence-electron chi connectivity index (χ4n) is 1.87. The molecule has 0 saturated carbocycles. The zero-order valence-corrected chi connectivity index (χ0v) is 13.8. The van der Waals surface area contributed by atoms with Crippen LogP contribution in [0.2, 0.25) is 0 Å². The summed E-state index contributed by atoms with van der Waals surface area (Å²) in [7, 11) is 0. The zero-order chi connectivity index (χ0) is 13.6. The van der Waals surface area contributed by atoms with Gasteiger partial charge < -0.3 is 4.98 Å². The van der Waals surface area contributed by atoms with Crippen molar-refractivity contribution in [3.63, 3.8) is 0 Å². The van der Waals surface area contributed by atoms with Gasteiger partial charge >= 0.3 is 0 Å². The molecule has 3 aromatic heterocycles. The summed E-state index contributed by atoms with van der Waals surface area (Å²) in [5, 5.41) is 0.835. The van der Waals surface area contributed by atoms with Crippen molar-refractivity contribution in [3.05, 3.63) is 48.8 Å². The first-order valence-electron chi connectivity index (χ1n) is 5.49. The van der Waals surface area contributed by atoms with Gasteiger partial charge in [-0.3, -0.25) is 4.79 Å². The molecule has 6 heteroatoms. The Morgan fingerprint density at radius 1 is 1.37 bits per heavy atom. The van der Waals surface area contributed by atoms with Gasteiger partial charge in [-0.2, -0.15) is 0 Å². The van der Waals surface area contributed by atoms with E-state index in [9.17, 15) is 4.79 Å². The summed E-state index contributed by atoms with van der Waals surface area (Å²) in [6.45, 7) is 1.98. The van der Waals surface area contributed by atoms with Crippen molar-refractivity contribution in [1.82, 2.24) is 9.97 Å². The summed E-state index contributed by atoms with van der Waals surface area (Å²) in [4.78, 5) is 20.5. The number of ketones is 1. The van der Waals surface area contributed by atoms with Crippen molar-refractivity contribution >= 4 is 60.0 Å². The maximum Gasteiger partial charge on any atom is 0.205 e. The van der Waals surface area contributed by atoms with Gasteiger partial charge in [-0.15, -0.1) is 11.3 Å². The number of rotatable bonds is 2. The lowest BCUT2D eigenvalue weighted by Crippen LogP contribution is -1.97. The second kappa shape index (κ2) is 4.85. The van der Waals surface area contributed by atoms with E-state index in [1.165, 1.54) is 11.3 Å². The summed E-state index contributed by atoms with van der Waals surface area (Å²) in [6, 6.07) is 3.81. The summed E-state index contributed by atoms with van der Waals surface area (Å²) < 4.78 is 1.85. The molecule has 0 bridgehead atoms. The zero-order valence-electron chi connectivity index (χ0n) is 9.83. The lowest BCUT2D eigenvalue weighted by atomic mass is 10.1. The molecule has 0 spiro atoms. The van der Waals surface area contributed by atoms with Crippen molar-refractivity contribution in [3.8, 4) is 0 Å². The summed E-state index contributed by atoms with van der Waals surface area (Å²) in [5.41, 5.74) is 2.45. The molecule has 0 aromatic carbocycles. The maximum absolute atomic E-state index is 12.5. The third-order valence-corrected chi connectivity index (χ3v) is 5.39. The van der Waals surface area contributed by atoms with Gasteiger partial charge in [0.25, 0.3) is 0 Å². The fraction of sp³-hybridized carbons (Fsp3) is 0.0769. The lowest BCUT2D eigenvalue weighted by Gasteiger charge is -1.96. The van der Waals surface area contributed by atoms with Crippen LogP contribution >= 0.6 is 43.2 Å². The molecular formula is C13H8Br2N2OS. The molecule has 0 radical (unpaired) electrons. The molecule has 0 fully saturated rings. The number of carbonyl (C=O) groups excluding carboxylic acids is 1. The van der Waals surface area contributed by atoms with Crippen LogP contribution in [0.1, 0.15) is 20.8 Å². The first kappa shape index (κ1) is 13.0. The van der Waals surface area contributed by atoms with Crippen molar-refractivity contribution < 1.29 is 4.79 Å². The predicted octanol–water partition coefficient (Wildman–Crippen LogP) is 4.69. The number of aromatic amines is 1. The molecule has 3 rings (SSSR count). The third-order valence-electron chi connectivity index (χ3n) is 2.82. The number of aryl methyl sites for hydroxylation is 1. The van der Waals surface area contributed by atoms with Gasteiger partial charge in [0.1, 0.15) is 5.65 Å². The van der Waals surface area contributed by atoms with E-state index in [4.69, 9.17) is 0 Å². The van der Waals surface area contributed by atoms with Crippen LogP contribution in [0.25, 0.3) is 11.0 Å². The summed E-state index contributed by atoms with van der Waals surface area (Å²) in [6.07, 6.45) is 3.42. The van der Waals surface area contributed by atoms with Gasteiger partial charge in [0, 0.05) is 22.3 Å². The normalized spacial score (nSPS) is 11.1. The molecular weight excluding hydrogens is 392 g/mol. The van der Waals surface area contributed by atoms with Crippen LogP contribution in [0, 0.1) is 6.92 Å². The van der Waals surface area contributed by atoms with Crippen LogP contribution in [0.15, 0.2) is 32.8 Å². The molecule has 0 aliphatic carbocycles. The first-order chi connectivity index (χ1) is 9.06. The number of hydrogen-bond acceptors (Lipinski definition) is 3. The topological polar surface area (TPSA) is 45.8 Å². The maximum atomic E-state index is 12.5. The Hall–Kier alpha value is -0.980. The number of H-pyrrole nitrogens is 1. The van der Waals surface area contributed by atoms with Gasteiger partial charge in [0.15, 0.2) is 0 Å². The molecule has 0 saturated heterocycles. The second-order valence-electron chi connectivity index (χ2n) is 4.15. The monoisotopic (exact) mass is 398 g/mol. The second-order valence-corrected chi connectivity index (χ2v) is 7.43. The molecule has 96 valence electrons. The van der Waals surface area contributed by atoms with Crippen molar-refractivity contribution in [2.24, 2.45) is 0 Å². The van der Waals surface area contributed by atoms with Crippen LogP contribution in [-0.2, 0) is 0 Å². The number of pyridine rings is 1. The molecule has 3 aromatic rings. The van der Waals surface area contributed by atoms with Gasteiger partial charge in [-0.05, 0) is 56.5 Å².